The molecule has 3 aromatic heterocycles. The van der Waals surface area contributed by atoms with Gasteiger partial charge in [0, 0.05) is 55.6 Å². The van der Waals surface area contributed by atoms with Crippen LogP contribution in [0.4, 0.5) is 10.3 Å². The lowest BCUT2D eigenvalue weighted by molar-refractivity contribution is -0.126. The maximum atomic E-state index is 13.7. The summed E-state index contributed by atoms with van der Waals surface area (Å²) in [6.07, 6.45) is 7.30. The maximum Gasteiger partial charge on any atom is 0.258 e. The van der Waals surface area contributed by atoms with Gasteiger partial charge in [0.15, 0.2) is 0 Å². The fraction of sp³-hybridized carbons (Fsp3) is 0.433. The summed E-state index contributed by atoms with van der Waals surface area (Å²) in [4.78, 5) is 39.0. The lowest BCUT2D eigenvalue weighted by Crippen LogP contribution is -2.34. The van der Waals surface area contributed by atoms with Crippen LogP contribution in [-0.2, 0) is 11.3 Å². The first-order valence-electron chi connectivity index (χ1n) is 14.3. The topological polar surface area (TPSA) is 101 Å². The highest BCUT2D eigenvalue weighted by Crippen LogP contribution is 2.34. The van der Waals surface area contributed by atoms with Crippen molar-refractivity contribution in [3.8, 4) is 0 Å². The number of aryl methyl sites for hydroxylation is 1. The molecular formula is C30H35FN8O2. The Morgan fingerprint density at radius 1 is 1.15 bits per heavy atom. The molecule has 41 heavy (non-hydrogen) atoms. The van der Waals surface area contributed by atoms with E-state index in [2.05, 4.69) is 26.3 Å². The zero-order chi connectivity index (χ0) is 28.5. The Kier molecular flexibility index (Phi) is 7.53. The third-order valence-corrected chi connectivity index (χ3v) is 8.20. The molecule has 2 aliphatic rings. The van der Waals surface area contributed by atoms with Crippen molar-refractivity contribution in [2.45, 2.75) is 51.4 Å². The van der Waals surface area contributed by atoms with E-state index in [9.17, 15) is 14.0 Å². The molecule has 6 rings (SSSR count). The summed E-state index contributed by atoms with van der Waals surface area (Å²) in [7, 11) is 0. The van der Waals surface area contributed by atoms with Crippen molar-refractivity contribution >= 4 is 39.7 Å². The molecular weight excluding hydrogens is 523 g/mol. The first kappa shape index (κ1) is 27.1. The van der Waals surface area contributed by atoms with Crippen LogP contribution in [0.15, 0.2) is 49.3 Å². The van der Waals surface area contributed by atoms with Gasteiger partial charge in [-0.3, -0.25) is 29.5 Å². The second kappa shape index (κ2) is 11.4. The number of carbonyl (C=O) groups is 2. The molecule has 0 saturated carbocycles. The monoisotopic (exact) mass is 558 g/mol. The molecule has 5 heterocycles. The number of amides is 2. The Hall–Kier alpha value is -4.12. The van der Waals surface area contributed by atoms with Crippen LogP contribution in [0.25, 0.3) is 21.9 Å². The van der Waals surface area contributed by atoms with Crippen molar-refractivity contribution in [2.75, 3.05) is 38.0 Å². The summed E-state index contributed by atoms with van der Waals surface area (Å²) in [5, 5.41) is 8.67. The number of anilines is 1. The quantitative estimate of drug-likeness (QED) is 0.343. The number of aromatic nitrogens is 5. The number of nitrogens with zero attached hydrogens (tertiary/aromatic N) is 7. The summed E-state index contributed by atoms with van der Waals surface area (Å²) in [5.41, 5.74) is 3.81. The molecule has 4 aromatic rings. The number of hydrogen-bond acceptors (Lipinski definition) is 6. The van der Waals surface area contributed by atoms with Gasteiger partial charge < -0.3 is 9.47 Å². The van der Waals surface area contributed by atoms with Crippen molar-refractivity contribution in [1.29, 1.82) is 0 Å². The molecule has 2 fully saturated rings. The number of imidazole rings is 1. The minimum atomic E-state index is -0.754. The molecule has 0 aliphatic carbocycles. The third-order valence-electron chi connectivity index (χ3n) is 8.20. The second-order valence-electron chi connectivity index (χ2n) is 11.0. The molecule has 11 heteroatoms. The van der Waals surface area contributed by atoms with Gasteiger partial charge in [0.1, 0.15) is 6.17 Å². The van der Waals surface area contributed by atoms with Crippen molar-refractivity contribution in [3.05, 3.63) is 60.6 Å². The average Bonchev–Trinajstić information content (AvgIpc) is 3.62. The van der Waals surface area contributed by atoms with Gasteiger partial charge in [-0.25, -0.2) is 9.37 Å². The number of alkyl halides is 1. The van der Waals surface area contributed by atoms with Crippen LogP contribution in [0.1, 0.15) is 47.8 Å². The van der Waals surface area contributed by atoms with Gasteiger partial charge in [-0.15, -0.1) is 0 Å². The molecule has 0 unspecified atom stereocenters. The third kappa shape index (κ3) is 5.46. The molecule has 1 N–H and O–H groups in total. The summed E-state index contributed by atoms with van der Waals surface area (Å²) >= 11 is 0. The standard InChI is InChI=1S/C30H35FN8O2/c1-3-27(40)37-12-5-4-6-23(19-37)39-28-24-17-33-38(15-14-36-13-10-22(31)18-36)26(24)8-7-25(28)34-30(39)35-29(41)21-9-11-32-20(2)16-21/h3,7-9,11,16-17,22-23H,1,4-6,10,12-15,18-19H2,2H3,(H,34,35,41)/t22-,23+/m0/s1. The van der Waals surface area contributed by atoms with Crippen molar-refractivity contribution in [2.24, 2.45) is 0 Å². The van der Waals surface area contributed by atoms with E-state index in [1.165, 1.54) is 6.08 Å². The minimum absolute atomic E-state index is 0.102. The maximum absolute atomic E-state index is 13.7. The predicted octanol–water partition coefficient (Wildman–Crippen LogP) is 4.13. The largest absolute Gasteiger partial charge is 0.337 e. The summed E-state index contributed by atoms with van der Waals surface area (Å²) in [6, 6.07) is 7.27. The number of nitrogens with one attached hydrogen (secondary N) is 1. The number of likely N-dealkylation sites (tertiary alicyclic amines) is 2. The van der Waals surface area contributed by atoms with E-state index in [1.807, 2.05) is 34.8 Å². The number of rotatable bonds is 7. The van der Waals surface area contributed by atoms with Gasteiger partial charge in [-0.1, -0.05) is 6.58 Å². The smallest absolute Gasteiger partial charge is 0.258 e. The molecule has 2 atom stereocenters. The molecule has 214 valence electrons. The van der Waals surface area contributed by atoms with Gasteiger partial charge >= 0.3 is 0 Å². The highest BCUT2D eigenvalue weighted by molar-refractivity contribution is 6.07. The first-order valence-corrected chi connectivity index (χ1v) is 14.3. The molecule has 1 aromatic carbocycles. The van der Waals surface area contributed by atoms with E-state index >= 15 is 0 Å². The Bertz CT molecular complexity index is 1610. The lowest BCUT2D eigenvalue weighted by Gasteiger charge is -2.26. The van der Waals surface area contributed by atoms with Gasteiger partial charge in [-0.2, -0.15) is 5.10 Å². The zero-order valence-corrected chi connectivity index (χ0v) is 23.3. The zero-order valence-electron chi connectivity index (χ0n) is 23.3. The minimum Gasteiger partial charge on any atom is -0.337 e. The number of benzene rings is 1. The SMILES string of the molecule is C=CC(=O)N1CCCC[C@@H](n2c(NC(=O)c3ccnc(C)c3)nc3ccc4c(cnn4CCN4CC[C@H](F)C4)c32)C1. The number of carbonyl (C=O) groups excluding carboxylic acids is 2. The number of halogens is 1. The van der Waals surface area contributed by atoms with E-state index in [4.69, 9.17) is 10.1 Å². The average molecular weight is 559 g/mol. The van der Waals surface area contributed by atoms with Gasteiger partial charge in [0.2, 0.25) is 11.9 Å². The van der Waals surface area contributed by atoms with E-state index in [-0.39, 0.29) is 17.9 Å². The van der Waals surface area contributed by atoms with E-state index in [1.54, 1.807) is 18.3 Å². The van der Waals surface area contributed by atoms with Crippen LogP contribution < -0.4 is 5.32 Å². The van der Waals surface area contributed by atoms with Crippen molar-refractivity contribution in [1.82, 2.24) is 34.1 Å². The summed E-state index contributed by atoms with van der Waals surface area (Å²) < 4.78 is 17.7. The fourth-order valence-corrected chi connectivity index (χ4v) is 6.11. The summed E-state index contributed by atoms with van der Waals surface area (Å²) in [6.45, 7) is 9.28. The highest BCUT2D eigenvalue weighted by atomic mass is 19.1. The Morgan fingerprint density at radius 3 is 2.80 bits per heavy atom. The molecule has 0 radical (unpaired) electrons. The molecule has 2 aliphatic heterocycles. The van der Waals surface area contributed by atoms with Gasteiger partial charge in [-0.05, 0) is 62.9 Å². The highest BCUT2D eigenvalue weighted by Gasteiger charge is 2.28. The van der Waals surface area contributed by atoms with E-state index in [0.29, 0.717) is 44.1 Å². The Labute approximate surface area is 237 Å². The predicted molar refractivity (Wildman–Crippen MR) is 156 cm³/mol. The van der Waals surface area contributed by atoms with Crippen LogP contribution in [0, 0.1) is 6.92 Å². The molecule has 0 bridgehead atoms. The molecule has 2 saturated heterocycles. The van der Waals surface area contributed by atoms with E-state index < -0.39 is 6.17 Å². The number of hydrogen-bond donors (Lipinski definition) is 1. The van der Waals surface area contributed by atoms with Gasteiger partial charge in [0.05, 0.1) is 35.3 Å². The lowest BCUT2D eigenvalue weighted by atomic mass is 10.1. The van der Waals surface area contributed by atoms with Crippen LogP contribution in [0.5, 0.6) is 0 Å². The first-order chi connectivity index (χ1) is 19.9. The van der Waals surface area contributed by atoms with Crippen LogP contribution in [0.2, 0.25) is 0 Å². The number of fused-ring (bicyclic) bond motifs is 3. The fourth-order valence-electron chi connectivity index (χ4n) is 6.11. The summed E-state index contributed by atoms with van der Waals surface area (Å²) in [5.74, 6) is 0.0571. The Morgan fingerprint density at radius 2 is 2.02 bits per heavy atom. The normalized spacial score (nSPS) is 20.0. The molecule has 0 spiro atoms. The van der Waals surface area contributed by atoms with Crippen molar-refractivity contribution < 1.29 is 14.0 Å². The van der Waals surface area contributed by atoms with Gasteiger partial charge in [0.25, 0.3) is 5.91 Å². The van der Waals surface area contributed by atoms with E-state index in [0.717, 1.165) is 60.0 Å². The second-order valence-corrected chi connectivity index (χ2v) is 11.0. The van der Waals surface area contributed by atoms with Crippen LogP contribution in [0.3, 0.4) is 0 Å². The van der Waals surface area contributed by atoms with Crippen molar-refractivity contribution in [3.63, 3.8) is 0 Å². The molecule has 10 nitrogen and oxygen atoms in total. The Balaban J connectivity index is 1.41. The molecule has 2 amide bonds. The van der Waals surface area contributed by atoms with Crippen LogP contribution in [-0.4, -0.2) is 84.8 Å². The number of pyridine rings is 1. The van der Waals surface area contributed by atoms with Crippen LogP contribution >= 0.6 is 0 Å².